The van der Waals surface area contributed by atoms with Crippen molar-refractivity contribution in [3.63, 3.8) is 0 Å². The number of para-hydroxylation sites is 2. The van der Waals surface area contributed by atoms with Gasteiger partial charge in [0.2, 0.25) is 5.91 Å². The molecule has 0 radical (unpaired) electrons. The Hall–Kier alpha value is -2.37. The summed E-state index contributed by atoms with van der Waals surface area (Å²) in [6.07, 6.45) is 1.91. The van der Waals surface area contributed by atoms with Gasteiger partial charge in [-0.25, -0.2) is 4.98 Å². The largest absolute Gasteiger partial charge is 0.465 e. The zero-order chi connectivity index (χ0) is 16.4. The molecule has 1 unspecified atom stereocenters. The van der Waals surface area contributed by atoms with Crippen molar-refractivity contribution in [3.8, 4) is 0 Å². The van der Waals surface area contributed by atoms with E-state index in [-0.39, 0.29) is 30.4 Å². The highest BCUT2D eigenvalue weighted by atomic mass is 16.5. The van der Waals surface area contributed by atoms with Gasteiger partial charge in [0, 0.05) is 5.92 Å². The first-order chi connectivity index (χ1) is 11.1. The summed E-state index contributed by atoms with van der Waals surface area (Å²) < 4.78 is 6.88. The maximum Gasteiger partial charge on any atom is 0.326 e. The quantitative estimate of drug-likeness (QED) is 0.829. The molecule has 1 aliphatic rings. The number of rotatable bonds is 6. The number of fused-ring (bicyclic) bond motifs is 1. The van der Waals surface area contributed by atoms with Crippen molar-refractivity contribution < 1.29 is 14.3 Å². The van der Waals surface area contributed by atoms with Gasteiger partial charge in [0.25, 0.3) is 0 Å². The Kier molecular flexibility index (Phi) is 4.32. The Bertz CT molecular complexity index is 734. The van der Waals surface area contributed by atoms with E-state index in [1.807, 2.05) is 35.8 Å². The number of nitrogens with one attached hydrogen (secondary N) is 1. The van der Waals surface area contributed by atoms with Gasteiger partial charge in [-0.2, -0.15) is 0 Å². The first-order valence-electron chi connectivity index (χ1n) is 8.01. The Morgan fingerprint density at radius 1 is 1.39 bits per heavy atom. The number of carbonyl (C=O) groups excluding carboxylic acids is 2. The molecule has 6 nitrogen and oxygen atoms in total. The number of hydrogen-bond acceptors (Lipinski definition) is 4. The summed E-state index contributed by atoms with van der Waals surface area (Å²) in [5.41, 5.74) is 1.67. The summed E-state index contributed by atoms with van der Waals surface area (Å²) in [6, 6.07) is 7.37. The molecule has 1 aliphatic carbocycles. The van der Waals surface area contributed by atoms with E-state index in [4.69, 9.17) is 4.74 Å². The second-order valence-corrected chi connectivity index (χ2v) is 5.85. The molecule has 0 bridgehead atoms. The molecule has 1 aromatic heterocycles. The van der Waals surface area contributed by atoms with Gasteiger partial charge >= 0.3 is 5.97 Å². The number of carbonyl (C=O) groups is 2. The Morgan fingerprint density at radius 2 is 2.13 bits per heavy atom. The lowest BCUT2D eigenvalue weighted by molar-refractivity contribution is -0.143. The third-order valence-corrected chi connectivity index (χ3v) is 3.97. The highest BCUT2D eigenvalue weighted by molar-refractivity contribution is 5.82. The van der Waals surface area contributed by atoms with Crippen LogP contribution in [-0.2, 0) is 20.9 Å². The molecule has 0 spiro atoms. The van der Waals surface area contributed by atoms with Crippen LogP contribution in [0.5, 0.6) is 0 Å². The number of esters is 1. The predicted octanol–water partition coefficient (Wildman–Crippen LogP) is 2.19. The minimum Gasteiger partial charge on any atom is -0.465 e. The lowest BCUT2D eigenvalue weighted by atomic mass is 10.2. The molecule has 1 fully saturated rings. The van der Waals surface area contributed by atoms with Gasteiger partial charge in [-0.1, -0.05) is 12.1 Å². The topological polar surface area (TPSA) is 73.2 Å². The number of imidazole rings is 1. The van der Waals surface area contributed by atoms with Crippen LogP contribution >= 0.6 is 0 Å². The van der Waals surface area contributed by atoms with Gasteiger partial charge in [-0.15, -0.1) is 0 Å². The fraction of sp³-hybridized carbons (Fsp3) is 0.471. The van der Waals surface area contributed by atoms with E-state index in [2.05, 4.69) is 10.3 Å². The zero-order valence-electron chi connectivity index (χ0n) is 13.4. The molecule has 6 heteroatoms. The molecule has 0 saturated heterocycles. The number of amides is 1. The van der Waals surface area contributed by atoms with E-state index in [1.54, 1.807) is 6.92 Å². The van der Waals surface area contributed by atoms with E-state index in [0.29, 0.717) is 12.4 Å². The molecule has 1 amide bonds. The highest BCUT2D eigenvalue weighted by Gasteiger charge is 2.31. The van der Waals surface area contributed by atoms with Gasteiger partial charge in [-0.05, 0) is 38.8 Å². The summed E-state index contributed by atoms with van der Waals surface area (Å²) in [4.78, 5) is 28.5. The maximum atomic E-state index is 12.0. The summed E-state index contributed by atoms with van der Waals surface area (Å²) in [7, 11) is 0. The standard InChI is InChI=1S/C17H21N3O3/c1-3-23-15(21)10-20-14-7-5-4-6-13(14)19-16(20)11(2)18-17(22)12-8-9-12/h4-7,11-12H,3,8-10H2,1-2H3,(H,18,22). The van der Waals surface area contributed by atoms with Crippen LogP contribution < -0.4 is 5.32 Å². The van der Waals surface area contributed by atoms with Gasteiger partial charge in [0.15, 0.2) is 0 Å². The summed E-state index contributed by atoms with van der Waals surface area (Å²) in [6.45, 7) is 4.11. The molecular weight excluding hydrogens is 294 g/mol. The molecule has 3 rings (SSSR count). The van der Waals surface area contributed by atoms with Crippen LogP contribution in [0.25, 0.3) is 11.0 Å². The summed E-state index contributed by atoms with van der Waals surface area (Å²) >= 11 is 0. The van der Waals surface area contributed by atoms with E-state index < -0.39 is 0 Å². The number of ether oxygens (including phenoxy) is 1. The number of hydrogen-bond donors (Lipinski definition) is 1. The van der Waals surface area contributed by atoms with Crippen molar-refractivity contribution in [1.29, 1.82) is 0 Å². The van der Waals surface area contributed by atoms with Gasteiger partial charge in [0.1, 0.15) is 12.4 Å². The Morgan fingerprint density at radius 3 is 2.83 bits per heavy atom. The molecule has 122 valence electrons. The monoisotopic (exact) mass is 315 g/mol. The molecule has 0 aliphatic heterocycles. The summed E-state index contributed by atoms with van der Waals surface area (Å²) in [5.74, 6) is 0.568. The molecule has 2 aromatic rings. The number of aromatic nitrogens is 2. The predicted molar refractivity (Wildman–Crippen MR) is 85.6 cm³/mol. The average Bonchev–Trinajstić information content (AvgIpc) is 3.31. The Balaban J connectivity index is 1.90. The first-order valence-corrected chi connectivity index (χ1v) is 8.01. The number of nitrogens with zero attached hydrogens (tertiary/aromatic N) is 2. The highest BCUT2D eigenvalue weighted by Crippen LogP contribution is 2.30. The summed E-state index contributed by atoms with van der Waals surface area (Å²) in [5, 5.41) is 2.99. The lowest BCUT2D eigenvalue weighted by Crippen LogP contribution is -2.30. The average molecular weight is 315 g/mol. The van der Waals surface area contributed by atoms with E-state index in [0.717, 1.165) is 23.9 Å². The molecule has 1 saturated carbocycles. The third-order valence-electron chi connectivity index (χ3n) is 3.97. The van der Waals surface area contributed by atoms with E-state index in [1.165, 1.54) is 0 Å². The fourth-order valence-electron chi connectivity index (χ4n) is 2.67. The van der Waals surface area contributed by atoms with Crippen LogP contribution in [0.4, 0.5) is 0 Å². The second-order valence-electron chi connectivity index (χ2n) is 5.85. The minimum atomic E-state index is -0.308. The molecule has 1 atom stereocenters. The lowest BCUT2D eigenvalue weighted by Gasteiger charge is -2.15. The van der Waals surface area contributed by atoms with Gasteiger partial charge < -0.3 is 14.6 Å². The van der Waals surface area contributed by atoms with Crippen molar-refractivity contribution in [2.24, 2.45) is 5.92 Å². The van der Waals surface area contributed by atoms with Crippen molar-refractivity contribution in [1.82, 2.24) is 14.9 Å². The molecular formula is C17H21N3O3. The van der Waals surface area contributed by atoms with Crippen LogP contribution in [0.15, 0.2) is 24.3 Å². The van der Waals surface area contributed by atoms with Crippen LogP contribution in [0, 0.1) is 5.92 Å². The smallest absolute Gasteiger partial charge is 0.326 e. The maximum absolute atomic E-state index is 12.0. The zero-order valence-corrected chi connectivity index (χ0v) is 13.4. The van der Waals surface area contributed by atoms with Crippen LogP contribution in [-0.4, -0.2) is 28.0 Å². The van der Waals surface area contributed by atoms with Crippen LogP contribution in [0.1, 0.15) is 38.6 Å². The second kappa shape index (κ2) is 6.40. The SMILES string of the molecule is CCOC(=O)Cn1c(C(C)NC(=O)C2CC2)nc2ccccc21. The van der Waals surface area contributed by atoms with Crippen molar-refractivity contribution in [2.45, 2.75) is 39.3 Å². The molecule has 1 N–H and O–H groups in total. The third kappa shape index (κ3) is 3.36. The van der Waals surface area contributed by atoms with E-state index in [9.17, 15) is 9.59 Å². The minimum absolute atomic E-state index is 0.0623. The normalized spacial score (nSPS) is 15.4. The molecule has 23 heavy (non-hydrogen) atoms. The van der Waals surface area contributed by atoms with Crippen molar-refractivity contribution in [3.05, 3.63) is 30.1 Å². The van der Waals surface area contributed by atoms with Crippen molar-refractivity contribution >= 4 is 22.9 Å². The van der Waals surface area contributed by atoms with Gasteiger partial charge in [-0.3, -0.25) is 9.59 Å². The molecule has 1 aromatic carbocycles. The fourth-order valence-corrected chi connectivity index (χ4v) is 2.67. The van der Waals surface area contributed by atoms with Gasteiger partial charge in [0.05, 0.1) is 23.7 Å². The Labute approximate surface area is 134 Å². The molecule has 1 heterocycles. The van der Waals surface area contributed by atoms with Crippen LogP contribution in [0.2, 0.25) is 0 Å². The van der Waals surface area contributed by atoms with E-state index >= 15 is 0 Å². The first kappa shape index (κ1) is 15.5. The van der Waals surface area contributed by atoms with Crippen LogP contribution in [0.3, 0.4) is 0 Å². The van der Waals surface area contributed by atoms with Crippen molar-refractivity contribution in [2.75, 3.05) is 6.61 Å². The number of benzene rings is 1.